The summed E-state index contributed by atoms with van der Waals surface area (Å²) in [5.74, 6) is 0. The first-order valence-corrected chi connectivity index (χ1v) is 3.49. The highest BCUT2D eigenvalue weighted by molar-refractivity contribution is 5.97. The highest BCUT2D eigenvalue weighted by Crippen LogP contribution is 2.16. The molecule has 1 aliphatic carbocycles. The van der Waals surface area contributed by atoms with Gasteiger partial charge in [0.1, 0.15) is 0 Å². The Morgan fingerprint density at radius 2 is 2.50 bits per heavy atom. The van der Waals surface area contributed by atoms with Crippen molar-refractivity contribution in [1.29, 1.82) is 0 Å². The van der Waals surface area contributed by atoms with E-state index in [1.54, 1.807) is 0 Å². The zero-order valence-electron chi connectivity index (χ0n) is 5.55. The third kappa shape index (κ3) is 0.761. The third-order valence-electron chi connectivity index (χ3n) is 1.93. The first kappa shape index (κ1) is 5.70. The van der Waals surface area contributed by atoms with Gasteiger partial charge in [0, 0.05) is 0 Å². The average molecular weight is 139 g/mol. The van der Waals surface area contributed by atoms with Crippen LogP contribution >= 0.6 is 0 Å². The average Bonchev–Trinajstić information content (AvgIpc) is 2.33. The summed E-state index contributed by atoms with van der Waals surface area (Å²) in [7, 11) is 0. The van der Waals surface area contributed by atoms with Gasteiger partial charge in [-0.2, -0.15) is 5.10 Å². The Morgan fingerprint density at radius 3 is 3.40 bits per heavy atom. The molecule has 0 saturated heterocycles. The molecule has 1 aliphatic heterocycles. The number of amides is 2. The van der Waals surface area contributed by atoms with Crippen molar-refractivity contribution in [3.05, 3.63) is 0 Å². The number of hydrogen-bond acceptors (Lipinski definition) is 2. The van der Waals surface area contributed by atoms with Gasteiger partial charge in [-0.15, -0.1) is 0 Å². The van der Waals surface area contributed by atoms with Gasteiger partial charge in [-0.3, -0.25) is 0 Å². The van der Waals surface area contributed by atoms with Gasteiger partial charge >= 0.3 is 6.03 Å². The molecule has 4 nitrogen and oxygen atoms in total. The Balaban J connectivity index is 2.20. The van der Waals surface area contributed by atoms with Gasteiger partial charge in [0.25, 0.3) is 0 Å². The number of hydrogen-bond donors (Lipinski definition) is 2. The number of urea groups is 1. The molecule has 1 saturated carbocycles. The van der Waals surface area contributed by atoms with Crippen LogP contribution in [0.15, 0.2) is 5.10 Å². The van der Waals surface area contributed by atoms with Crippen LogP contribution in [0, 0.1) is 0 Å². The van der Waals surface area contributed by atoms with E-state index in [4.69, 9.17) is 0 Å². The number of nitrogens with one attached hydrogen (secondary N) is 2. The van der Waals surface area contributed by atoms with Gasteiger partial charge in [-0.1, -0.05) is 0 Å². The lowest BCUT2D eigenvalue weighted by Gasteiger charge is -2.17. The lowest BCUT2D eigenvalue weighted by Crippen LogP contribution is -2.47. The standard InChI is InChI=1S/C6H9N3O/c10-6-7-4-2-1-3-5(4)8-9-6/h4H,1-3H2,(H2,7,9,10). The number of rotatable bonds is 0. The smallest absolute Gasteiger partial charge is 0.329 e. The van der Waals surface area contributed by atoms with Gasteiger partial charge in [-0.25, -0.2) is 10.2 Å². The molecule has 0 bridgehead atoms. The second kappa shape index (κ2) is 1.97. The molecule has 2 amide bonds. The quantitative estimate of drug-likeness (QED) is 0.495. The maximum absolute atomic E-state index is 10.7. The first-order valence-electron chi connectivity index (χ1n) is 3.49. The molecular formula is C6H9N3O. The summed E-state index contributed by atoms with van der Waals surface area (Å²) < 4.78 is 0. The summed E-state index contributed by atoms with van der Waals surface area (Å²) >= 11 is 0. The molecule has 1 unspecified atom stereocenters. The Bertz CT molecular complexity index is 199. The van der Waals surface area contributed by atoms with E-state index >= 15 is 0 Å². The monoisotopic (exact) mass is 139 g/mol. The predicted octanol–water partition coefficient (Wildman–Crippen LogP) is 0.208. The Morgan fingerprint density at radius 1 is 1.60 bits per heavy atom. The lowest BCUT2D eigenvalue weighted by molar-refractivity contribution is 0.238. The van der Waals surface area contributed by atoms with Crippen molar-refractivity contribution in [1.82, 2.24) is 10.7 Å². The molecule has 1 atom stereocenters. The molecule has 10 heavy (non-hydrogen) atoms. The Kier molecular flexibility index (Phi) is 1.12. The van der Waals surface area contributed by atoms with Gasteiger partial charge in [-0.05, 0) is 19.3 Å². The van der Waals surface area contributed by atoms with Crippen LogP contribution in [0.4, 0.5) is 4.79 Å². The molecule has 2 rings (SSSR count). The van der Waals surface area contributed by atoms with E-state index in [2.05, 4.69) is 15.8 Å². The number of nitrogens with zero attached hydrogens (tertiary/aromatic N) is 1. The van der Waals surface area contributed by atoms with Crippen LogP contribution in [0.25, 0.3) is 0 Å². The van der Waals surface area contributed by atoms with E-state index in [1.807, 2.05) is 0 Å². The molecular weight excluding hydrogens is 130 g/mol. The summed E-state index contributed by atoms with van der Waals surface area (Å²) in [5, 5.41) is 6.72. The highest BCUT2D eigenvalue weighted by atomic mass is 16.2. The molecule has 2 N–H and O–H groups in total. The predicted molar refractivity (Wildman–Crippen MR) is 36.7 cm³/mol. The maximum atomic E-state index is 10.7. The summed E-state index contributed by atoms with van der Waals surface area (Å²) in [6.45, 7) is 0. The van der Waals surface area contributed by atoms with E-state index in [1.165, 1.54) is 0 Å². The van der Waals surface area contributed by atoms with Gasteiger partial charge in [0.05, 0.1) is 11.8 Å². The zero-order chi connectivity index (χ0) is 6.97. The lowest BCUT2D eigenvalue weighted by atomic mass is 10.2. The van der Waals surface area contributed by atoms with Crippen LogP contribution < -0.4 is 10.7 Å². The van der Waals surface area contributed by atoms with Crippen LogP contribution in [0.3, 0.4) is 0 Å². The van der Waals surface area contributed by atoms with Crippen molar-refractivity contribution in [3.63, 3.8) is 0 Å². The molecule has 0 spiro atoms. The van der Waals surface area contributed by atoms with Crippen LogP contribution in [-0.2, 0) is 0 Å². The van der Waals surface area contributed by atoms with Crippen molar-refractivity contribution in [2.24, 2.45) is 5.10 Å². The second-order valence-electron chi connectivity index (χ2n) is 2.63. The van der Waals surface area contributed by atoms with Crippen LogP contribution in [0.2, 0.25) is 0 Å². The normalized spacial score (nSPS) is 30.2. The molecule has 54 valence electrons. The topological polar surface area (TPSA) is 53.5 Å². The second-order valence-corrected chi connectivity index (χ2v) is 2.63. The molecule has 1 heterocycles. The summed E-state index contributed by atoms with van der Waals surface area (Å²) in [5.41, 5.74) is 3.49. The number of fused-ring (bicyclic) bond motifs is 1. The molecule has 0 aromatic heterocycles. The minimum Gasteiger partial charge on any atom is -0.329 e. The fraction of sp³-hybridized carbons (Fsp3) is 0.667. The zero-order valence-corrected chi connectivity index (χ0v) is 5.55. The van der Waals surface area contributed by atoms with Crippen LogP contribution in [0.1, 0.15) is 19.3 Å². The van der Waals surface area contributed by atoms with E-state index in [-0.39, 0.29) is 12.1 Å². The Hall–Kier alpha value is -1.06. The minimum absolute atomic E-state index is 0.171. The molecule has 0 aromatic carbocycles. The molecule has 4 heteroatoms. The highest BCUT2D eigenvalue weighted by Gasteiger charge is 2.27. The van der Waals surface area contributed by atoms with Crippen molar-refractivity contribution < 1.29 is 4.79 Å². The van der Waals surface area contributed by atoms with Crippen LogP contribution in [-0.4, -0.2) is 17.8 Å². The largest absolute Gasteiger partial charge is 0.335 e. The van der Waals surface area contributed by atoms with E-state index in [0.29, 0.717) is 0 Å². The molecule has 2 aliphatic rings. The summed E-state index contributed by atoms with van der Waals surface area (Å²) in [4.78, 5) is 10.7. The van der Waals surface area contributed by atoms with Crippen molar-refractivity contribution in [3.8, 4) is 0 Å². The number of carbonyl (C=O) groups is 1. The van der Waals surface area contributed by atoms with E-state index < -0.39 is 0 Å². The van der Waals surface area contributed by atoms with Gasteiger partial charge in [0.2, 0.25) is 0 Å². The van der Waals surface area contributed by atoms with Crippen molar-refractivity contribution in [2.45, 2.75) is 25.3 Å². The SMILES string of the molecule is O=C1NN=C2CCCC2N1. The third-order valence-corrected chi connectivity index (χ3v) is 1.93. The van der Waals surface area contributed by atoms with Gasteiger partial charge < -0.3 is 5.32 Å². The van der Waals surface area contributed by atoms with E-state index in [9.17, 15) is 4.79 Å². The summed E-state index contributed by atoms with van der Waals surface area (Å²) in [6.07, 6.45) is 3.22. The number of hydrazone groups is 1. The van der Waals surface area contributed by atoms with E-state index in [0.717, 1.165) is 25.0 Å². The maximum Gasteiger partial charge on any atom is 0.335 e. The Labute approximate surface area is 58.7 Å². The fourth-order valence-corrected chi connectivity index (χ4v) is 1.43. The minimum atomic E-state index is -0.171. The first-order chi connectivity index (χ1) is 4.86. The fourth-order valence-electron chi connectivity index (χ4n) is 1.43. The molecule has 0 aromatic rings. The van der Waals surface area contributed by atoms with Crippen LogP contribution in [0.5, 0.6) is 0 Å². The van der Waals surface area contributed by atoms with Crippen molar-refractivity contribution in [2.75, 3.05) is 0 Å². The summed E-state index contributed by atoms with van der Waals surface area (Å²) in [6, 6.07) is 0.0596. The molecule has 0 radical (unpaired) electrons. The number of carbonyl (C=O) groups excluding carboxylic acids is 1. The van der Waals surface area contributed by atoms with Crippen molar-refractivity contribution >= 4 is 11.7 Å². The van der Waals surface area contributed by atoms with Gasteiger partial charge in [0.15, 0.2) is 0 Å². The molecule has 1 fully saturated rings.